The largest absolute Gasteiger partial charge is 0.490 e. The second-order valence-corrected chi connectivity index (χ2v) is 6.03. The zero-order chi connectivity index (χ0) is 22.8. The number of rotatable bonds is 6. The number of alkyl halides is 4. The molecule has 0 saturated carbocycles. The third-order valence-corrected chi connectivity index (χ3v) is 3.68. The Hall–Kier alpha value is -2.90. The van der Waals surface area contributed by atoms with Crippen LogP contribution in [0.1, 0.15) is 36.0 Å². The van der Waals surface area contributed by atoms with E-state index in [0.29, 0.717) is 25.9 Å². The molecule has 30 heavy (non-hydrogen) atoms. The molecule has 0 radical (unpaired) electrons. The Labute approximate surface area is 167 Å². The summed E-state index contributed by atoms with van der Waals surface area (Å²) in [5.41, 5.74) is -1.41. The van der Waals surface area contributed by atoms with Crippen molar-refractivity contribution < 1.29 is 51.0 Å². The van der Waals surface area contributed by atoms with E-state index in [9.17, 15) is 27.2 Å². The van der Waals surface area contributed by atoms with Crippen molar-refractivity contribution in [3.8, 4) is 0 Å². The lowest BCUT2D eigenvalue weighted by atomic mass is 9.94. The number of hydrogen-bond acceptors (Lipinski definition) is 8. The molecule has 1 saturated heterocycles. The molecule has 14 heteroatoms. The van der Waals surface area contributed by atoms with Gasteiger partial charge in [0.1, 0.15) is 5.67 Å². The number of piperidine rings is 1. The van der Waals surface area contributed by atoms with Crippen LogP contribution in [0, 0.1) is 0 Å². The van der Waals surface area contributed by atoms with Crippen molar-refractivity contribution in [1.82, 2.24) is 15.8 Å². The number of aromatic nitrogens is 1. The highest BCUT2D eigenvalue weighted by atomic mass is 19.4. The highest BCUT2D eigenvalue weighted by Gasteiger charge is 2.38. The van der Waals surface area contributed by atoms with Gasteiger partial charge in [0.15, 0.2) is 18.1 Å². The Morgan fingerprint density at radius 3 is 2.43 bits per heavy atom. The van der Waals surface area contributed by atoms with Crippen molar-refractivity contribution in [3.63, 3.8) is 0 Å². The van der Waals surface area contributed by atoms with Crippen molar-refractivity contribution in [2.45, 2.75) is 38.2 Å². The molecular weight excluding hydrogens is 422 g/mol. The minimum atomic E-state index is -5.08. The first-order chi connectivity index (χ1) is 14.0. The molecule has 2 rings (SSSR count). The molecule has 170 valence electrons. The minimum absolute atomic E-state index is 0.00303. The number of alkyl carbamates (subject to hydrolysis) is 1. The molecule has 0 atom stereocenters. The molecule has 10 nitrogen and oxygen atoms in total. The number of hydrogen-bond donors (Lipinski definition) is 3. The van der Waals surface area contributed by atoms with Crippen LogP contribution in [0.3, 0.4) is 0 Å². The molecule has 1 aromatic heterocycles. The molecule has 0 spiro atoms. The summed E-state index contributed by atoms with van der Waals surface area (Å²) in [6.45, 7) is 2.76. The van der Waals surface area contributed by atoms with Crippen molar-refractivity contribution >= 4 is 18.0 Å². The fourth-order valence-electron chi connectivity index (χ4n) is 2.15. The molecule has 0 aromatic carbocycles. The molecule has 0 unspecified atom stereocenters. The number of halogens is 4. The van der Waals surface area contributed by atoms with Gasteiger partial charge in [-0.25, -0.2) is 18.8 Å². The van der Waals surface area contributed by atoms with Crippen LogP contribution in [0.5, 0.6) is 0 Å². The minimum Gasteiger partial charge on any atom is -0.475 e. The number of nitrogens with zero attached hydrogens (tertiary/aromatic N) is 1. The third-order valence-electron chi connectivity index (χ3n) is 3.68. The van der Waals surface area contributed by atoms with Gasteiger partial charge in [-0.1, -0.05) is 5.16 Å². The van der Waals surface area contributed by atoms with Crippen LogP contribution < -0.4 is 10.6 Å². The summed E-state index contributed by atoms with van der Waals surface area (Å²) in [5.74, 6) is -3.18. The smallest absolute Gasteiger partial charge is 0.475 e. The van der Waals surface area contributed by atoms with E-state index in [1.165, 1.54) is 6.07 Å². The van der Waals surface area contributed by atoms with Gasteiger partial charge in [0.05, 0.1) is 13.2 Å². The predicted octanol–water partition coefficient (Wildman–Crippen LogP) is 1.80. The van der Waals surface area contributed by atoms with Gasteiger partial charge < -0.3 is 29.7 Å². The summed E-state index contributed by atoms with van der Waals surface area (Å²) in [4.78, 5) is 31.9. The Bertz CT molecular complexity index is 718. The van der Waals surface area contributed by atoms with Crippen molar-refractivity contribution in [3.05, 3.63) is 17.5 Å². The van der Waals surface area contributed by atoms with Gasteiger partial charge in [0, 0.05) is 6.07 Å². The Kier molecular flexibility index (Phi) is 9.49. The first kappa shape index (κ1) is 25.1. The van der Waals surface area contributed by atoms with Gasteiger partial charge in [-0.2, -0.15) is 13.2 Å². The number of carboxylic acid groups (broad SMARTS) is 1. The Morgan fingerprint density at radius 2 is 1.90 bits per heavy atom. The second-order valence-electron chi connectivity index (χ2n) is 6.03. The first-order valence-electron chi connectivity index (χ1n) is 8.70. The van der Waals surface area contributed by atoms with Crippen LogP contribution in [0.25, 0.3) is 0 Å². The second kappa shape index (κ2) is 11.3. The zero-order valence-corrected chi connectivity index (χ0v) is 15.9. The average Bonchev–Trinajstić information content (AvgIpc) is 3.14. The van der Waals surface area contributed by atoms with Crippen LogP contribution >= 0.6 is 0 Å². The van der Waals surface area contributed by atoms with Crippen molar-refractivity contribution in [1.29, 1.82) is 0 Å². The van der Waals surface area contributed by atoms with Crippen molar-refractivity contribution in [2.24, 2.45) is 0 Å². The lowest BCUT2D eigenvalue weighted by Crippen LogP contribution is -2.46. The molecule has 1 amide bonds. The monoisotopic (exact) mass is 443 g/mol. The fraction of sp³-hybridized carbons (Fsp3) is 0.625. The van der Waals surface area contributed by atoms with Gasteiger partial charge in [-0.05, 0) is 32.9 Å². The summed E-state index contributed by atoms with van der Waals surface area (Å²) in [7, 11) is 0. The van der Waals surface area contributed by atoms with E-state index in [0.717, 1.165) is 0 Å². The van der Waals surface area contributed by atoms with Gasteiger partial charge in [-0.15, -0.1) is 0 Å². The van der Waals surface area contributed by atoms with E-state index in [1.54, 1.807) is 6.92 Å². The molecule has 2 heterocycles. The normalized spacial score (nSPS) is 15.4. The van der Waals surface area contributed by atoms with Gasteiger partial charge in [0.25, 0.3) is 0 Å². The van der Waals surface area contributed by atoms with Gasteiger partial charge >= 0.3 is 24.2 Å². The SMILES string of the molecule is CCOC(=O)c1cc(COC(=O)NCC2(F)CCNCC2)on1.O=C(O)C(F)(F)F. The quantitative estimate of drug-likeness (QED) is 0.443. The summed E-state index contributed by atoms with van der Waals surface area (Å²) >= 11 is 0. The highest BCUT2D eigenvalue weighted by Crippen LogP contribution is 2.22. The standard InChI is InChI=1S/C14H20FN3O5.C2HF3O2/c1-2-21-12(19)11-7-10(23-18-11)8-22-13(20)17-9-14(15)3-5-16-6-4-14;3-2(4,5)1(6)7/h7,16H,2-6,8-9H2,1H3,(H,17,20);(H,6,7). The zero-order valence-electron chi connectivity index (χ0n) is 15.9. The number of ether oxygens (including phenoxy) is 2. The van der Waals surface area contributed by atoms with Crippen LogP contribution in [0.2, 0.25) is 0 Å². The topological polar surface area (TPSA) is 140 Å². The summed E-state index contributed by atoms with van der Waals surface area (Å²) in [5, 5.41) is 16.1. The molecule has 1 aromatic rings. The third kappa shape index (κ3) is 9.07. The molecule has 1 aliphatic rings. The van der Waals surface area contributed by atoms with E-state index >= 15 is 0 Å². The first-order valence-corrected chi connectivity index (χ1v) is 8.70. The van der Waals surface area contributed by atoms with E-state index in [4.69, 9.17) is 23.9 Å². The molecule has 3 N–H and O–H groups in total. The van der Waals surface area contributed by atoms with Crippen LogP contribution in [0.4, 0.5) is 22.4 Å². The maximum absolute atomic E-state index is 14.3. The van der Waals surface area contributed by atoms with E-state index in [-0.39, 0.29) is 31.2 Å². The van der Waals surface area contributed by atoms with Gasteiger partial charge in [-0.3, -0.25) is 0 Å². The summed E-state index contributed by atoms with van der Waals surface area (Å²) < 4.78 is 60.5. The maximum atomic E-state index is 14.3. The van der Waals surface area contributed by atoms with E-state index < -0.39 is 29.9 Å². The van der Waals surface area contributed by atoms with Crippen LogP contribution in [0.15, 0.2) is 10.6 Å². The highest BCUT2D eigenvalue weighted by molar-refractivity contribution is 5.87. The lowest BCUT2D eigenvalue weighted by Gasteiger charge is -2.29. The van der Waals surface area contributed by atoms with E-state index in [1.807, 2.05) is 0 Å². The predicted molar refractivity (Wildman–Crippen MR) is 90.3 cm³/mol. The Balaban J connectivity index is 0.000000553. The van der Waals surface area contributed by atoms with E-state index in [2.05, 4.69) is 15.8 Å². The summed E-state index contributed by atoms with van der Waals surface area (Å²) in [6.07, 6.45) is -5.15. The maximum Gasteiger partial charge on any atom is 0.490 e. The van der Waals surface area contributed by atoms with Crippen LogP contribution in [-0.4, -0.2) is 66.4 Å². The number of carbonyl (C=O) groups excluding carboxylic acids is 2. The van der Waals surface area contributed by atoms with Crippen molar-refractivity contribution in [2.75, 3.05) is 26.2 Å². The molecule has 1 fully saturated rings. The number of esters is 1. The molecule has 1 aliphatic heterocycles. The number of amides is 1. The summed E-state index contributed by atoms with van der Waals surface area (Å²) in [6, 6.07) is 1.33. The molecular formula is C16H21F4N3O7. The molecule has 0 aliphatic carbocycles. The molecule has 0 bridgehead atoms. The Morgan fingerprint density at radius 1 is 1.30 bits per heavy atom. The van der Waals surface area contributed by atoms with Gasteiger partial charge in [0.2, 0.25) is 0 Å². The number of carboxylic acids is 1. The average molecular weight is 443 g/mol. The number of carbonyl (C=O) groups is 3. The number of nitrogens with one attached hydrogen (secondary N) is 2. The van der Waals surface area contributed by atoms with Crippen LogP contribution in [-0.2, 0) is 20.9 Å². The lowest BCUT2D eigenvalue weighted by molar-refractivity contribution is -0.192. The number of aliphatic carboxylic acids is 1. The fourth-order valence-corrected chi connectivity index (χ4v) is 2.15.